The van der Waals surface area contributed by atoms with Crippen molar-refractivity contribution in [3.05, 3.63) is 28.2 Å². The summed E-state index contributed by atoms with van der Waals surface area (Å²) in [6.07, 6.45) is 6.92. The van der Waals surface area contributed by atoms with E-state index in [9.17, 15) is 0 Å². The molecular weight excluding hydrogens is 236 g/mol. The van der Waals surface area contributed by atoms with E-state index in [1.54, 1.807) is 4.52 Å². The lowest BCUT2D eigenvalue weighted by Crippen LogP contribution is -2.04. The Morgan fingerprint density at radius 1 is 1.29 bits per heavy atom. The topological polar surface area (TPSA) is 54.0 Å². The highest BCUT2D eigenvalue weighted by molar-refractivity contribution is 6.30. The average Bonchev–Trinajstić information content (AvgIpc) is 2.59. The van der Waals surface area contributed by atoms with Gasteiger partial charge in [0.15, 0.2) is 5.65 Å². The van der Waals surface area contributed by atoms with E-state index in [0.29, 0.717) is 16.4 Å². The molecule has 17 heavy (non-hydrogen) atoms. The first-order valence-electron chi connectivity index (χ1n) is 5.76. The van der Waals surface area contributed by atoms with E-state index in [2.05, 4.69) is 16.2 Å². The van der Waals surface area contributed by atoms with E-state index in [1.165, 1.54) is 12.6 Å². The fourth-order valence-corrected chi connectivity index (χ4v) is 2.67. The number of halogens is 1. The van der Waals surface area contributed by atoms with Gasteiger partial charge in [-0.3, -0.25) is 0 Å². The zero-order valence-corrected chi connectivity index (χ0v) is 10.0. The van der Waals surface area contributed by atoms with Crippen molar-refractivity contribution in [2.24, 2.45) is 0 Å². The first-order valence-corrected chi connectivity index (χ1v) is 6.14. The lowest BCUT2D eigenvalue weighted by molar-refractivity contribution is 0.709. The minimum atomic E-state index is 0.485. The molecule has 3 rings (SSSR count). The van der Waals surface area contributed by atoms with Crippen LogP contribution >= 0.6 is 11.6 Å². The smallest absolute Gasteiger partial charge is 0.174 e. The summed E-state index contributed by atoms with van der Waals surface area (Å²) < 4.78 is 1.57. The maximum atomic E-state index is 8.99. The number of hydrogen-bond donors (Lipinski definition) is 0. The van der Waals surface area contributed by atoms with Crippen LogP contribution in [0.4, 0.5) is 0 Å². The lowest BCUT2D eigenvalue weighted by Gasteiger charge is -2.08. The Balaban J connectivity index is 2.31. The Morgan fingerprint density at radius 3 is 2.94 bits per heavy atom. The minimum Gasteiger partial charge on any atom is -0.232 e. The molecule has 0 aromatic carbocycles. The summed E-state index contributed by atoms with van der Waals surface area (Å²) in [6, 6.07) is 2.10. The maximum absolute atomic E-state index is 8.99. The zero-order chi connectivity index (χ0) is 11.8. The van der Waals surface area contributed by atoms with Gasteiger partial charge in [-0.05, 0) is 25.7 Å². The van der Waals surface area contributed by atoms with E-state index in [1.807, 2.05) is 0 Å². The summed E-state index contributed by atoms with van der Waals surface area (Å²) in [5.74, 6) is 0. The lowest BCUT2D eigenvalue weighted by atomic mass is 10.1. The molecule has 0 aliphatic heterocycles. The van der Waals surface area contributed by atoms with Crippen LogP contribution in [0.25, 0.3) is 5.65 Å². The summed E-state index contributed by atoms with van der Waals surface area (Å²) >= 11 is 6.35. The van der Waals surface area contributed by atoms with Crippen molar-refractivity contribution in [1.82, 2.24) is 14.6 Å². The molecular formula is C12H11ClN4. The summed E-state index contributed by atoms with van der Waals surface area (Å²) in [5.41, 5.74) is 3.21. The Kier molecular flexibility index (Phi) is 2.49. The van der Waals surface area contributed by atoms with Crippen LogP contribution in [0.1, 0.15) is 36.1 Å². The molecule has 0 radical (unpaired) electrons. The van der Waals surface area contributed by atoms with Gasteiger partial charge in [0, 0.05) is 11.3 Å². The fraction of sp³-hybridized carbons (Fsp3) is 0.417. The maximum Gasteiger partial charge on any atom is 0.174 e. The van der Waals surface area contributed by atoms with Crippen molar-refractivity contribution >= 4 is 17.2 Å². The van der Waals surface area contributed by atoms with Gasteiger partial charge < -0.3 is 0 Å². The van der Waals surface area contributed by atoms with Crippen LogP contribution in [0.2, 0.25) is 5.15 Å². The third-order valence-electron chi connectivity index (χ3n) is 3.23. The number of nitrogens with zero attached hydrogens (tertiary/aromatic N) is 4. The van der Waals surface area contributed by atoms with Crippen LogP contribution in [0.5, 0.6) is 0 Å². The molecule has 0 saturated carbocycles. The number of nitriles is 1. The highest BCUT2D eigenvalue weighted by atomic mass is 35.5. The third-order valence-corrected chi connectivity index (χ3v) is 3.62. The molecule has 4 nitrogen and oxygen atoms in total. The summed E-state index contributed by atoms with van der Waals surface area (Å²) in [5, 5.41) is 13.7. The second-order valence-corrected chi connectivity index (χ2v) is 4.65. The minimum absolute atomic E-state index is 0.485. The van der Waals surface area contributed by atoms with Gasteiger partial charge in [0.05, 0.1) is 6.20 Å². The van der Waals surface area contributed by atoms with Crippen molar-refractivity contribution in [2.45, 2.75) is 32.1 Å². The summed E-state index contributed by atoms with van der Waals surface area (Å²) in [6.45, 7) is 0. The van der Waals surface area contributed by atoms with Crippen LogP contribution in [-0.2, 0) is 12.8 Å². The average molecular weight is 247 g/mol. The number of aryl methyl sites for hydroxylation is 1. The van der Waals surface area contributed by atoms with Crippen molar-refractivity contribution in [1.29, 1.82) is 5.26 Å². The molecule has 0 spiro atoms. The first-order chi connectivity index (χ1) is 8.31. The molecule has 2 aromatic heterocycles. The van der Waals surface area contributed by atoms with E-state index in [-0.39, 0.29) is 0 Å². The number of fused-ring (bicyclic) bond motifs is 2. The predicted octanol–water partition coefficient (Wildman–Crippen LogP) is 2.52. The molecule has 0 unspecified atom stereocenters. The van der Waals surface area contributed by atoms with Crippen molar-refractivity contribution in [3.63, 3.8) is 0 Å². The molecule has 0 fully saturated rings. The van der Waals surface area contributed by atoms with Gasteiger partial charge in [0.1, 0.15) is 16.8 Å². The van der Waals surface area contributed by atoms with E-state index in [4.69, 9.17) is 16.9 Å². The summed E-state index contributed by atoms with van der Waals surface area (Å²) in [7, 11) is 0. The highest BCUT2D eigenvalue weighted by Crippen LogP contribution is 2.27. The van der Waals surface area contributed by atoms with Crippen molar-refractivity contribution in [3.8, 4) is 6.07 Å². The van der Waals surface area contributed by atoms with Gasteiger partial charge in [-0.2, -0.15) is 10.4 Å². The van der Waals surface area contributed by atoms with Crippen LogP contribution in [0, 0.1) is 11.3 Å². The largest absolute Gasteiger partial charge is 0.232 e. The Labute approximate surface area is 104 Å². The number of hydrogen-bond acceptors (Lipinski definition) is 3. The Hall–Kier alpha value is -1.60. The number of aromatic nitrogens is 3. The molecule has 0 saturated heterocycles. The molecule has 1 aliphatic carbocycles. The van der Waals surface area contributed by atoms with Crippen molar-refractivity contribution < 1.29 is 0 Å². The Morgan fingerprint density at radius 2 is 2.12 bits per heavy atom. The SMILES string of the molecule is N#Cc1cnn2c(Cl)c3c(nc12)CCCCC3. The third kappa shape index (κ3) is 1.58. The van der Waals surface area contributed by atoms with Gasteiger partial charge in [-0.15, -0.1) is 0 Å². The fourth-order valence-electron chi connectivity index (χ4n) is 2.34. The molecule has 5 heteroatoms. The molecule has 2 aromatic rings. The van der Waals surface area contributed by atoms with Crippen LogP contribution in [0.15, 0.2) is 6.20 Å². The molecule has 0 atom stereocenters. The van der Waals surface area contributed by atoms with Crippen LogP contribution in [-0.4, -0.2) is 14.6 Å². The summed E-state index contributed by atoms with van der Waals surface area (Å²) in [4.78, 5) is 4.56. The van der Waals surface area contributed by atoms with Crippen LogP contribution < -0.4 is 0 Å². The molecule has 86 valence electrons. The van der Waals surface area contributed by atoms with Gasteiger partial charge in [0.25, 0.3) is 0 Å². The normalized spacial score (nSPS) is 15.3. The van der Waals surface area contributed by atoms with Gasteiger partial charge in [-0.25, -0.2) is 9.50 Å². The number of rotatable bonds is 0. The quantitative estimate of drug-likeness (QED) is 0.530. The van der Waals surface area contributed by atoms with E-state index in [0.717, 1.165) is 36.9 Å². The first kappa shape index (κ1) is 10.5. The highest BCUT2D eigenvalue weighted by Gasteiger charge is 2.18. The molecule has 0 N–H and O–H groups in total. The second kappa shape index (κ2) is 4.01. The van der Waals surface area contributed by atoms with Crippen molar-refractivity contribution in [2.75, 3.05) is 0 Å². The second-order valence-electron chi connectivity index (χ2n) is 4.29. The van der Waals surface area contributed by atoms with Crippen LogP contribution in [0.3, 0.4) is 0 Å². The standard InChI is InChI=1S/C12H11ClN4/c13-11-9-4-2-1-3-5-10(9)16-12-8(6-14)7-15-17(11)12/h7H,1-5H2. The van der Waals surface area contributed by atoms with Gasteiger partial charge in [0.2, 0.25) is 0 Å². The zero-order valence-electron chi connectivity index (χ0n) is 9.28. The molecule has 0 bridgehead atoms. The Bertz CT molecular complexity index is 623. The van der Waals surface area contributed by atoms with E-state index < -0.39 is 0 Å². The molecule has 2 heterocycles. The molecule has 1 aliphatic rings. The van der Waals surface area contributed by atoms with Gasteiger partial charge >= 0.3 is 0 Å². The molecule has 0 amide bonds. The predicted molar refractivity (Wildman–Crippen MR) is 64.0 cm³/mol. The van der Waals surface area contributed by atoms with Gasteiger partial charge in [-0.1, -0.05) is 18.0 Å². The van der Waals surface area contributed by atoms with E-state index >= 15 is 0 Å². The monoisotopic (exact) mass is 246 g/mol.